The van der Waals surface area contributed by atoms with Gasteiger partial charge in [-0.05, 0) is 68.0 Å². The minimum Gasteiger partial charge on any atom is -0.318 e. The number of anilines is 1. The largest absolute Gasteiger partial charge is 0.335 e. The molecule has 150 valence electrons. The molecular formula is C22H17BrN4O3. The van der Waals surface area contributed by atoms with Crippen LogP contribution < -0.4 is 10.2 Å². The van der Waals surface area contributed by atoms with E-state index >= 15 is 0 Å². The molecule has 30 heavy (non-hydrogen) atoms. The predicted molar refractivity (Wildman–Crippen MR) is 116 cm³/mol. The van der Waals surface area contributed by atoms with Crippen LogP contribution in [0.1, 0.15) is 17.0 Å². The van der Waals surface area contributed by atoms with Gasteiger partial charge in [0.15, 0.2) is 0 Å². The number of pyridine rings is 1. The summed E-state index contributed by atoms with van der Waals surface area (Å²) in [5.41, 5.74) is 3.74. The van der Waals surface area contributed by atoms with Gasteiger partial charge in [-0.1, -0.05) is 15.9 Å². The van der Waals surface area contributed by atoms with Crippen LogP contribution in [0.3, 0.4) is 0 Å². The first-order chi connectivity index (χ1) is 14.4. The first-order valence-electron chi connectivity index (χ1n) is 9.13. The highest BCUT2D eigenvalue weighted by atomic mass is 79.9. The predicted octanol–water partition coefficient (Wildman–Crippen LogP) is 3.92. The number of aryl methyl sites for hydroxylation is 1. The second-order valence-electron chi connectivity index (χ2n) is 6.80. The summed E-state index contributed by atoms with van der Waals surface area (Å²) < 4.78 is 3.01. The lowest BCUT2D eigenvalue weighted by atomic mass is 10.1. The number of rotatable bonds is 3. The van der Waals surface area contributed by atoms with Crippen LogP contribution in [-0.4, -0.2) is 27.4 Å². The summed E-state index contributed by atoms with van der Waals surface area (Å²) in [6, 6.07) is 12.0. The zero-order valence-electron chi connectivity index (χ0n) is 16.2. The molecular weight excluding hydrogens is 448 g/mol. The van der Waals surface area contributed by atoms with E-state index in [1.54, 1.807) is 0 Å². The number of hydrogen-bond donors (Lipinski definition) is 1. The molecule has 8 heteroatoms. The van der Waals surface area contributed by atoms with E-state index in [0.717, 1.165) is 32.0 Å². The summed E-state index contributed by atoms with van der Waals surface area (Å²) in [7, 11) is 0. The number of carbonyl (C=O) groups excluding carboxylic acids is 3. The van der Waals surface area contributed by atoms with Crippen LogP contribution in [0.15, 0.2) is 64.9 Å². The molecule has 3 heterocycles. The molecule has 0 bridgehead atoms. The molecule has 0 spiro atoms. The van der Waals surface area contributed by atoms with E-state index in [1.165, 1.54) is 30.6 Å². The second-order valence-corrected chi connectivity index (χ2v) is 7.72. The highest BCUT2D eigenvalue weighted by molar-refractivity contribution is 9.10. The van der Waals surface area contributed by atoms with Crippen molar-refractivity contribution in [3.05, 3.63) is 81.9 Å². The number of carbonyl (C=O) groups is 3. The summed E-state index contributed by atoms with van der Waals surface area (Å²) >= 11 is 3.43. The number of nitrogens with one attached hydrogen (secondary N) is 1. The van der Waals surface area contributed by atoms with Gasteiger partial charge in [-0.15, -0.1) is 0 Å². The number of imide groups is 2. The van der Waals surface area contributed by atoms with Crippen molar-refractivity contribution in [3.8, 4) is 5.69 Å². The highest BCUT2D eigenvalue weighted by Crippen LogP contribution is 2.26. The van der Waals surface area contributed by atoms with Gasteiger partial charge >= 0.3 is 6.03 Å². The number of nitrogens with zero attached hydrogens (tertiary/aromatic N) is 3. The van der Waals surface area contributed by atoms with Crippen molar-refractivity contribution in [2.75, 3.05) is 4.90 Å². The molecule has 7 nitrogen and oxygen atoms in total. The Hall–Kier alpha value is -3.52. The lowest BCUT2D eigenvalue weighted by molar-refractivity contribution is -0.122. The van der Waals surface area contributed by atoms with Gasteiger partial charge in [-0.25, -0.2) is 9.69 Å². The van der Waals surface area contributed by atoms with E-state index in [-0.39, 0.29) is 5.57 Å². The normalized spacial score (nSPS) is 15.6. The molecule has 0 atom stereocenters. The first kappa shape index (κ1) is 19.8. The number of barbiturate groups is 1. The van der Waals surface area contributed by atoms with E-state index < -0.39 is 17.8 Å². The van der Waals surface area contributed by atoms with Crippen molar-refractivity contribution >= 4 is 45.5 Å². The molecule has 3 aromatic rings. The van der Waals surface area contributed by atoms with Gasteiger partial charge in [0.25, 0.3) is 11.8 Å². The van der Waals surface area contributed by atoms with Crippen molar-refractivity contribution in [1.82, 2.24) is 14.9 Å². The summed E-state index contributed by atoms with van der Waals surface area (Å²) in [5, 5.41) is 2.23. The minimum atomic E-state index is -0.784. The number of aromatic nitrogens is 2. The number of hydrogen-bond acceptors (Lipinski definition) is 4. The van der Waals surface area contributed by atoms with Gasteiger partial charge in [-0.2, -0.15) is 0 Å². The fourth-order valence-corrected chi connectivity index (χ4v) is 3.73. The van der Waals surface area contributed by atoms with Gasteiger partial charge < -0.3 is 4.57 Å². The lowest BCUT2D eigenvalue weighted by Gasteiger charge is -2.26. The van der Waals surface area contributed by atoms with Crippen LogP contribution in [0.4, 0.5) is 10.5 Å². The van der Waals surface area contributed by atoms with Crippen LogP contribution in [0.2, 0.25) is 0 Å². The van der Waals surface area contributed by atoms with Crippen LogP contribution in [0.5, 0.6) is 0 Å². The smallest absolute Gasteiger partial charge is 0.318 e. The van der Waals surface area contributed by atoms with E-state index in [4.69, 9.17) is 0 Å². The Bertz CT molecular complexity index is 1200. The Morgan fingerprint density at radius 3 is 2.30 bits per heavy atom. The van der Waals surface area contributed by atoms with Gasteiger partial charge in [0.2, 0.25) is 0 Å². The molecule has 1 aliphatic rings. The third kappa shape index (κ3) is 3.46. The highest BCUT2D eigenvalue weighted by Gasteiger charge is 2.37. The van der Waals surface area contributed by atoms with Crippen molar-refractivity contribution < 1.29 is 14.4 Å². The fourth-order valence-electron chi connectivity index (χ4n) is 3.46. The molecule has 1 saturated heterocycles. The number of benzene rings is 1. The molecule has 0 radical (unpaired) electrons. The fraction of sp³-hybridized carbons (Fsp3) is 0.0909. The van der Waals surface area contributed by atoms with Crippen molar-refractivity contribution in [2.24, 2.45) is 0 Å². The summed E-state index contributed by atoms with van der Waals surface area (Å²) in [5.74, 6) is -1.40. The molecule has 0 unspecified atom stereocenters. The quantitative estimate of drug-likeness (QED) is 0.470. The Balaban J connectivity index is 1.76. The van der Waals surface area contributed by atoms with E-state index in [9.17, 15) is 14.4 Å². The molecule has 2 aromatic heterocycles. The van der Waals surface area contributed by atoms with Gasteiger partial charge in [-0.3, -0.25) is 19.9 Å². The Morgan fingerprint density at radius 2 is 1.63 bits per heavy atom. The van der Waals surface area contributed by atoms with Gasteiger partial charge in [0.1, 0.15) is 5.57 Å². The van der Waals surface area contributed by atoms with Gasteiger partial charge in [0.05, 0.1) is 5.69 Å². The van der Waals surface area contributed by atoms with Crippen LogP contribution in [-0.2, 0) is 9.59 Å². The van der Waals surface area contributed by atoms with Gasteiger partial charge in [0, 0.05) is 33.9 Å². The zero-order chi connectivity index (χ0) is 21.4. The van der Waals surface area contributed by atoms with Crippen molar-refractivity contribution in [2.45, 2.75) is 13.8 Å². The van der Waals surface area contributed by atoms with Crippen LogP contribution in [0, 0.1) is 13.8 Å². The number of urea groups is 1. The lowest BCUT2D eigenvalue weighted by Crippen LogP contribution is -2.54. The second kappa shape index (κ2) is 7.72. The minimum absolute atomic E-state index is 0.109. The molecule has 1 N–H and O–H groups in total. The Morgan fingerprint density at radius 1 is 0.967 bits per heavy atom. The van der Waals surface area contributed by atoms with E-state index in [0.29, 0.717) is 5.69 Å². The van der Waals surface area contributed by atoms with E-state index in [2.05, 4.69) is 26.2 Å². The van der Waals surface area contributed by atoms with E-state index in [1.807, 2.05) is 48.7 Å². The average molecular weight is 465 g/mol. The molecule has 4 rings (SSSR count). The molecule has 4 amide bonds. The third-order valence-electron chi connectivity index (χ3n) is 4.88. The Labute approximate surface area is 181 Å². The third-order valence-corrected chi connectivity index (χ3v) is 5.41. The topological polar surface area (TPSA) is 84.3 Å². The van der Waals surface area contributed by atoms with Crippen LogP contribution >= 0.6 is 15.9 Å². The maximum Gasteiger partial charge on any atom is 0.335 e. The van der Waals surface area contributed by atoms with Crippen molar-refractivity contribution in [3.63, 3.8) is 0 Å². The zero-order valence-corrected chi connectivity index (χ0v) is 17.8. The molecule has 1 aromatic carbocycles. The maximum absolute atomic E-state index is 13.0. The molecule has 1 fully saturated rings. The number of amides is 4. The number of halogens is 1. The summed E-state index contributed by atoms with van der Waals surface area (Å²) in [6.45, 7) is 3.87. The maximum atomic E-state index is 13.0. The average Bonchev–Trinajstić information content (AvgIpc) is 3.00. The molecule has 1 aliphatic heterocycles. The Kier molecular flexibility index (Phi) is 5.09. The van der Waals surface area contributed by atoms with Crippen LogP contribution in [0.25, 0.3) is 11.8 Å². The molecule has 0 saturated carbocycles. The SMILES string of the molecule is Cc1cc(/C=C2/C(=O)NC(=O)N(c3ccncc3)C2=O)c(C)n1-c1ccc(Br)cc1. The standard InChI is InChI=1S/C22H17BrN4O3/c1-13-11-15(14(2)26(13)17-5-3-16(23)4-6-17)12-19-20(28)25-22(30)27(21(19)29)18-7-9-24-10-8-18/h3-12H,1-2H3,(H,25,28,30)/b19-12-. The van der Waals surface area contributed by atoms with Crippen molar-refractivity contribution in [1.29, 1.82) is 0 Å². The monoisotopic (exact) mass is 464 g/mol. The molecule has 0 aliphatic carbocycles. The summed E-state index contributed by atoms with van der Waals surface area (Å²) in [6.07, 6.45) is 4.47. The summed E-state index contributed by atoms with van der Waals surface area (Å²) in [4.78, 5) is 42.5. The first-order valence-corrected chi connectivity index (χ1v) is 9.92.